The van der Waals surface area contributed by atoms with Gasteiger partial charge < -0.3 is 19.7 Å². The fourth-order valence-electron chi connectivity index (χ4n) is 3.41. The number of aryl methyl sites for hydroxylation is 1. The second kappa shape index (κ2) is 9.47. The lowest BCUT2D eigenvalue weighted by Gasteiger charge is -2.32. The van der Waals surface area contributed by atoms with Crippen LogP contribution < -0.4 is 10.1 Å². The molecular weight excluding hydrogens is 372 g/mol. The van der Waals surface area contributed by atoms with E-state index in [9.17, 15) is 9.59 Å². The van der Waals surface area contributed by atoms with Gasteiger partial charge in [0.1, 0.15) is 18.2 Å². The van der Waals surface area contributed by atoms with Gasteiger partial charge in [0.05, 0.1) is 18.4 Å². The van der Waals surface area contributed by atoms with Gasteiger partial charge in [-0.3, -0.25) is 9.59 Å². The van der Waals surface area contributed by atoms with Gasteiger partial charge in [0.2, 0.25) is 5.91 Å². The molecule has 0 spiro atoms. The molecule has 0 saturated carbocycles. The summed E-state index contributed by atoms with van der Waals surface area (Å²) in [5, 5.41) is 2.84. The summed E-state index contributed by atoms with van der Waals surface area (Å²) < 4.78 is 10.1. The highest BCUT2D eigenvalue weighted by Crippen LogP contribution is 2.25. The lowest BCUT2D eigenvalue weighted by atomic mass is 9.97. The Morgan fingerprint density at radius 3 is 2.66 bits per heavy atom. The molecule has 1 fully saturated rings. The number of aromatic nitrogens is 2. The molecule has 154 valence electrons. The van der Waals surface area contributed by atoms with Gasteiger partial charge in [-0.2, -0.15) is 0 Å². The smallest absolute Gasteiger partial charge is 0.259 e. The molecule has 0 aliphatic carbocycles. The van der Waals surface area contributed by atoms with Crippen LogP contribution in [0.4, 0.5) is 5.69 Å². The van der Waals surface area contributed by atoms with Crippen LogP contribution in [-0.2, 0) is 9.53 Å². The largest absolute Gasteiger partial charge is 0.497 e. The number of piperidine rings is 1. The predicted molar refractivity (Wildman–Crippen MR) is 108 cm³/mol. The average Bonchev–Trinajstić information content (AvgIpc) is 2.74. The van der Waals surface area contributed by atoms with E-state index in [1.54, 1.807) is 49.4 Å². The van der Waals surface area contributed by atoms with Crippen LogP contribution in [0.1, 0.15) is 40.6 Å². The van der Waals surface area contributed by atoms with E-state index in [4.69, 9.17) is 9.47 Å². The van der Waals surface area contributed by atoms with Crippen LogP contribution >= 0.6 is 0 Å². The summed E-state index contributed by atoms with van der Waals surface area (Å²) in [5.41, 5.74) is 1.70. The van der Waals surface area contributed by atoms with Crippen molar-refractivity contribution in [2.24, 2.45) is 0 Å². The van der Waals surface area contributed by atoms with E-state index in [2.05, 4.69) is 15.3 Å². The number of rotatable bonds is 6. The van der Waals surface area contributed by atoms with E-state index in [0.717, 1.165) is 25.1 Å². The predicted octanol–water partition coefficient (Wildman–Crippen LogP) is 2.40. The SMILES string of the molecule is COCC(=O)N1CCC[C@H](c2ncc(C(=O)Nc3ccc(OC)cc3)c(C)n2)C1. The highest BCUT2D eigenvalue weighted by molar-refractivity contribution is 6.04. The van der Waals surface area contributed by atoms with Gasteiger partial charge >= 0.3 is 0 Å². The lowest BCUT2D eigenvalue weighted by Crippen LogP contribution is -2.41. The first-order chi connectivity index (χ1) is 14.0. The number of carbonyl (C=O) groups excluding carboxylic acids is 2. The Morgan fingerprint density at radius 1 is 1.24 bits per heavy atom. The third-order valence-electron chi connectivity index (χ3n) is 5.00. The molecule has 0 unspecified atom stereocenters. The maximum absolute atomic E-state index is 12.6. The third-order valence-corrected chi connectivity index (χ3v) is 5.00. The van der Waals surface area contributed by atoms with E-state index in [-0.39, 0.29) is 24.3 Å². The fraction of sp³-hybridized carbons (Fsp3) is 0.429. The summed E-state index contributed by atoms with van der Waals surface area (Å²) in [6, 6.07) is 7.10. The molecule has 2 amide bonds. The molecule has 3 rings (SSSR count). The number of nitrogens with zero attached hydrogens (tertiary/aromatic N) is 3. The van der Waals surface area contributed by atoms with Gasteiger partial charge in [0.15, 0.2) is 0 Å². The highest BCUT2D eigenvalue weighted by atomic mass is 16.5. The van der Waals surface area contributed by atoms with Crippen molar-refractivity contribution in [1.82, 2.24) is 14.9 Å². The molecule has 1 atom stereocenters. The second-order valence-electron chi connectivity index (χ2n) is 7.02. The minimum absolute atomic E-state index is 0.0237. The van der Waals surface area contributed by atoms with Crippen LogP contribution in [0, 0.1) is 6.92 Å². The number of benzene rings is 1. The van der Waals surface area contributed by atoms with Crippen molar-refractivity contribution in [2.45, 2.75) is 25.7 Å². The number of likely N-dealkylation sites (tertiary alicyclic amines) is 1. The minimum Gasteiger partial charge on any atom is -0.497 e. The molecule has 1 aromatic heterocycles. The van der Waals surface area contributed by atoms with Crippen LogP contribution in [0.3, 0.4) is 0 Å². The van der Waals surface area contributed by atoms with Gasteiger partial charge in [-0.1, -0.05) is 0 Å². The van der Waals surface area contributed by atoms with E-state index >= 15 is 0 Å². The summed E-state index contributed by atoms with van der Waals surface area (Å²) in [6.45, 7) is 3.17. The Bertz CT molecular complexity index is 869. The van der Waals surface area contributed by atoms with Crippen molar-refractivity contribution >= 4 is 17.5 Å². The quantitative estimate of drug-likeness (QED) is 0.803. The Morgan fingerprint density at radius 2 is 2.00 bits per heavy atom. The number of hydrogen-bond donors (Lipinski definition) is 1. The maximum Gasteiger partial charge on any atom is 0.259 e. The van der Waals surface area contributed by atoms with E-state index in [0.29, 0.717) is 29.3 Å². The Kier molecular flexibility index (Phi) is 6.77. The Balaban J connectivity index is 1.69. The van der Waals surface area contributed by atoms with Gasteiger partial charge in [0.25, 0.3) is 5.91 Å². The van der Waals surface area contributed by atoms with Crippen LogP contribution in [-0.4, -0.2) is 60.6 Å². The summed E-state index contributed by atoms with van der Waals surface area (Å²) >= 11 is 0. The normalized spacial score (nSPS) is 16.4. The topological polar surface area (TPSA) is 93.7 Å². The van der Waals surface area contributed by atoms with Crippen molar-refractivity contribution in [1.29, 1.82) is 0 Å². The molecular formula is C21H26N4O4. The number of methoxy groups -OCH3 is 2. The van der Waals surface area contributed by atoms with Crippen molar-refractivity contribution in [2.75, 3.05) is 39.2 Å². The molecule has 8 nitrogen and oxygen atoms in total. The summed E-state index contributed by atoms with van der Waals surface area (Å²) in [4.78, 5) is 35.5. The van der Waals surface area contributed by atoms with Crippen LogP contribution in [0.5, 0.6) is 5.75 Å². The molecule has 2 heterocycles. The van der Waals surface area contributed by atoms with Crippen LogP contribution in [0.25, 0.3) is 0 Å². The van der Waals surface area contributed by atoms with E-state index < -0.39 is 0 Å². The zero-order chi connectivity index (χ0) is 20.8. The number of carbonyl (C=O) groups is 2. The van der Waals surface area contributed by atoms with Gasteiger partial charge in [-0.05, 0) is 44.0 Å². The van der Waals surface area contributed by atoms with Crippen molar-refractivity contribution in [3.8, 4) is 5.75 Å². The molecule has 1 N–H and O–H groups in total. The first-order valence-electron chi connectivity index (χ1n) is 9.57. The van der Waals surface area contributed by atoms with Gasteiger partial charge in [-0.15, -0.1) is 0 Å². The van der Waals surface area contributed by atoms with Crippen molar-refractivity contribution < 1.29 is 19.1 Å². The number of amides is 2. The molecule has 0 radical (unpaired) electrons. The first-order valence-corrected chi connectivity index (χ1v) is 9.57. The maximum atomic E-state index is 12.6. The molecule has 1 aliphatic heterocycles. The lowest BCUT2D eigenvalue weighted by molar-refractivity contribution is -0.136. The van der Waals surface area contributed by atoms with E-state index in [1.165, 1.54) is 7.11 Å². The number of hydrogen-bond acceptors (Lipinski definition) is 6. The summed E-state index contributed by atoms with van der Waals surface area (Å²) in [5.74, 6) is 1.15. The monoisotopic (exact) mass is 398 g/mol. The highest BCUT2D eigenvalue weighted by Gasteiger charge is 2.27. The van der Waals surface area contributed by atoms with Crippen molar-refractivity contribution in [3.05, 3.63) is 47.5 Å². The first kappa shape index (κ1) is 20.7. The molecule has 1 aliphatic rings. The van der Waals surface area contributed by atoms with Gasteiger partial charge in [0, 0.05) is 38.0 Å². The molecule has 1 aromatic carbocycles. The molecule has 29 heavy (non-hydrogen) atoms. The Hall–Kier alpha value is -3.00. The number of anilines is 1. The standard InChI is InChI=1S/C21H26N4O4/c1-14-18(21(27)24-16-6-8-17(29-3)9-7-16)11-22-20(23-14)15-5-4-10-25(12-15)19(26)13-28-2/h6-9,11,15H,4-5,10,12-13H2,1-3H3,(H,24,27)/t15-/m0/s1. The molecule has 0 bridgehead atoms. The zero-order valence-corrected chi connectivity index (χ0v) is 17.0. The zero-order valence-electron chi connectivity index (χ0n) is 17.0. The third kappa shape index (κ3) is 5.08. The molecule has 8 heteroatoms. The molecule has 1 saturated heterocycles. The second-order valence-corrected chi connectivity index (χ2v) is 7.02. The summed E-state index contributed by atoms with van der Waals surface area (Å²) in [6.07, 6.45) is 3.36. The van der Waals surface area contributed by atoms with Crippen LogP contribution in [0.15, 0.2) is 30.5 Å². The van der Waals surface area contributed by atoms with E-state index in [1.807, 2.05) is 0 Å². The minimum atomic E-state index is -0.264. The van der Waals surface area contributed by atoms with Gasteiger partial charge in [-0.25, -0.2) is 9.97 Å². The van der Waals surface area contributed by atoms with Crippen molar-refractivity contribution in [3.63, 3.8) is 0 Å². The fourth-order valence-corrected chi connectivity index (χ4v) is 3.41. The average molecular weight is 398 g/mol. The summed E-state index contributed by atoms with van der Waals surface area (Å²) in [7, 11) is 3.11. The molecule has 2 aromatic rings. The van der Waals surface area contributed by atoms with Crippen LogP contribution in [0.2, 0.25) is 0 Å². The number of ether oxygens (including phenoxy) is 2. The number of nitrogens with one attached hydrogen (secondary N) is 1. The Labute approximate surface area is 170 Å².